The number of benzene rings is 2. The van der Waals surface area contributed by atoms with E-state index in [0.29, 0.717) is 9.99 Å². The fourth-order valence-electron chi connectivity index (χ4n) is 3.10. The lowest BCUT2D eigenvalue weighted by molar-refractivity contribution is -0.116. The lowest BCUT2D eigenvalue weighted by atomic mass is 10.1. The van der Waals surface area contributed by atoms with Crippen molar-refractivity contribution in [3.63, 3.8) is 0 Å². The van der Waals surface area contributed by atoms with E-state index in [9.17, 15) is 21.6 Å². The molecule has 1 fully saturated rings. The zero-order chi connectivity index (χ0) is 21.4. The number of hydrogen-bond acceptors (Lipinski definition) is 6. The average Bonchev–Trinajstić information content (AvgIpc) is 2.91. The summed E-state index contributed by atoms with van der Waals surface area (Å²) in [4.78, 5) is 11.8. The van der Waals surface area contributed by atoms with E-state index in [-0.39, 0.29) is 35.1 Å². The Morgan fingerprint density at radius 3 is 2.45 bits per heavy atom. The highest BCUT2D eigenvalue weighted by atomic mass is 32.2. The summed E-state index contributed by atoms with van der Waals surface area (Å²) in [5.74, 6) is -0.834. The maximum Gasteiger partial charge on any atom is 0.265 e. The highest BCUT2D eigenvalue weighted by Crippen LogP contribution is 2.34. The van der Waals surface area contributed by atoms with Crippen molar-refractivity contribution < 1.29 is 26.4 Å². The van der Waals surface area contributed by atoms with Crippen LogP contribution >= 0.6 is 0 Å². The van der Waals surface area contributed by atoms with E-state index in [2.05, 4.69) is 4.72 Å². The number of hydrogen-bond donors (Lipinski definition) is 1. The Labute approximate surface area is 170 Å². The Morgan fingerprint density at radius 1 is 1.14 bits per heavy atom. The van der Waals surface area contributed by atoms with Crippen LogP contribution in [0.15, 0.2) is 41.3 Å². The SMILES string of the molecule is CCOc1ccc(N2C(=O)CCS2(=O)=O)cc1S(=O)(=O)Nc1ccc(C)cc1C. The molecule has 0 unspecified atom stereocenters. The summed E-state index contributed by atoms with van der Waals surface area (Å²) in [6, 6.07) is 9.14. The van der Waals surface area contributed by atoms with E-state index < -0.39 is 26.0 Å². The highest BCUT2D eigenvalue weighted by molar-refractivity contribution is 7.94. The number of carbonyl (C=O) groups excluding carboxylic acids is 1. The molecule has 1 heterocycles. The number of amides is 1. The molecule has 0 radical (unpaired) electrons. The van der Waals surface area contributed by atoms with Gasteiger partial charge in [-0.25, -0.2) is 21.1 Å². The Balaban J connectivity index is 2.09. The van der Waals surface area contributed by atoms with Crippen LogP contribution in [0.1, 0.15) is 24.5 Å². The minimum atomic E-state index is -4.12. The summed E-state index contributed by atoms with van der Waals surface area (Å²) in [5, 5.41) is 0. The van der Waals surface area contributed by atoms with Crippen molar-refractivity contribution in [2.75, 3.05) is 21.4 Å². The molecule has 2 aromatic carbocycles. The molecule has 8 nitrogen and oxygen atoms in total. The summed E-state index contributed by atoms with van der Waals surface area (Å²) < 4.78 is 59.2. The predicted octanol–water partition coefficient (Wildman–Crippen LogP) is 2.57. The van der Waals surface area contributed by atoms with Gasteiger partial charge in [0.25, 0.3) is 10.0 Å². The van der Waals surface area contributed by atoms with Crippen LogP contribution in [0.5, 0.6) is 5.75 Å². The molecular weight excluding hydrogens is 416 g/mol. The van der Waals surface area contributed by atoms with Crippen LogP contribution in [0, 0.1) is 13.8 Å². The predicted molar refractivity (Wildman–Crippen MR) is 110 cm³/mol. The number of ether oxygens (including phenoxy) is 1. The molecule has 1 aliphatic heterocycles. The molecule has 0 aromatic heterocycles. The second-order valence-corrected chi connectivity index (χ2v) is 10.3. The lowest BCUT2D eigenvalue weighted by Gasteiger charge is -2.19. The average molecular weight is 439 g/mol. The fraction of sp³-hybridized carbons (Fsp3) is 0.316. The number of aryl methyl sites for hydroxylation is 2. The van der Waals surface area contributed by atoms with Crippen molar-refractivity contribution in [2.45, 2.75) is 32.1 Å². The van der Waals surface area contributed by atoms with Gasteiger partial charge in [-0.2, -0.15) is 0 Å². The molecule has 3 rings (SSSR count). The molecule has 156 valence electrons. The third-order valence-corrected chi connectivity index (χ3v) is 7.53. The van der Waals surface area contributed by atoms with Crippen LogP contribution in [0.3, 0.4) is 0 Å². The first-order valence-corrected chi connectivity index (χ1v) is 12.1. The summed E-state index contributed by atoms with van der Waals surface area (Å²) in [6.45, 7) is 5.60. The topological polar surface area (TPSA) is 110 Å². The van der Waals surface area contributed by atoms with Gasteiger partial charge in [-0.1, -0.05) is 17.7 Å². The molecule has 0 aliphatic carbocycles. The molecule has 1 amide bonds. The van der Waals surface area contributed by atoms with Gasteiger partial charge in [-0.3, -0.25) is 9.52 Å². The van der Waals surface area contributed by atoms with E-state index in [4.69, 9.17) is 4.74 Å². The van der Waals surface area contributed by atoms with Crippen LogP contribution in [0.4, 0.5) is 11.4 Å². The lowest BCUT2D eigenvalue weighted by Crippen LogP contribution is -2.29. The first-order chi connectivity index (χ1) is 13.5. The van der Waals surface area contributed by atoms with Crippen LogP contribution < -0.4 is 13.8 Å². The van der Waals surface area contributed by atoms with Gasteiger partial charge in [-0.15, -0.1) is 0 Å². The van der Waals surface area contributed by atoms with Crippen molar-refractivity contribution in [3.8, 4) is 5.75 Å². The van der Waals surface area contributed by atoms with Gasteiger partial charge < -0.3 is 4.74 Å². The molecule has 29 heavy (non-hydrogen) atoms. The zero-order valence-electron chi connectivity index (χ0n) is 16.3. The Hall–Kier alpha value is -2.59. The monoisotopic (exact) mass is 438 g/mol. The molecule has 1 aliphatic rings. The number of carbonyl (C=O) groups is 1. The normalized spacial score (nSPS) is 16.1. The van der Waals surface area contributed by atoms with Crippen molar-refractivity contribution in [2.24, 2.45) is 0 Å². The fourth-order valence-corrected chi connectivity index (χ4v) is 5.85. The van der Waals surface area contributed by atoms with Gasteiger partial charge in [-0.05, 0) is 50.6 Å². The van der Waals surface area contributed by atoms with E-state index in [0.717, 1.165) is 17.2 Å². The minimum absolute atomic E-state index is 0.0306. The quantitative estimate of drug-likeness (QED) is 0.742. The Bertz CT molecular complexity index is 1170. The van der Waals surface area contributed by atoms with Crippen LogP contribution in [-0.2, 0) is 24.8 Å². The summed E-state index contributed by atoms with van der Waals surface area (Å²) in [5.41, 5.74) is 2.09. The standard InChI is InChI=1S/C19H22N2O6S2/c1-4-27-17-8-6-15(21-19(22)9-10-28(21,23)24)12-18(17)29(25,26)20-16-7-5-13(2)11-14(16)3/h5-8,11-12,20H,4,9-10H2,1-3H3. The summed E-state index contributed by atoms with van der Waals surface area (Å²) >= 11 is 0. The van der Waals surface area contributed by atoms with Gasteiger partial charge in [0.1, 0.15) is 10.6 Å². The number of nitrogens with one attached hydrogen (secondary N) is 1. The van der Waals surface area contributed by atoms with Crippen molar-refractivity contribution >= 4 is 37.3 Å². The third kappa shape index (κ3) is 4.23. The minimum Gasteiger partial charge on any atom is -0.492 e. The van der Waals surface area contributed by atoms with Crippen LogP contribution in [0.25, 0.3) is 0 Å². The second kappa shape index (κ2) is 7.68. The van der Waals surface area contributed by atoms with E-state index >= 15 is 0 Å². The van der Waals surface area contributed by atoms with Crippen LogP contribution in [0.2, 0.25) is 0 Å². The Morgan fingerprint density at radius 2 is 1.86 bits per heavy atom. The van der Waals surface area contributed by atoms with E-state index in [1.165, 1.54) is 12.1 Å². The molecule has 0 spiro atoms. The van der Waals surface area contributed by atoms with Gasteiger partial charge in [0.15, 0.2) is 0 Å². The number of nitrogens with zero attached hydrogens (tertiary/aromatic N) is 1. The van der Waals surface area contributed by atoms with Crippen molar-refractivity contribution in [3.05, 3.63) is 47.5 Å². The molecule has 0 saturated carbocycles. The molecular formula is C19H22N2O6S2. The number of sulfonamides is 2. The summed E-state index contributed by atoms with van der Waals surface area (Å²) in [6.07, 6.45) is -0.140. The van der Waals surface area contributed by atoms with E-state index in [1.54, 1.807) is 26.0 Å². The molecule has 1 saturated heterocycles. The van der Waals surface area contributed by atoms with Crippen LogP contribution in [-0.4, -0.2) is 35.1 Å². The molecule has 2 aromatic rings. The largest absolute Gasteiger partial charge is 0.492 e. The maximum absolute atomic E-state index is 13.1. The number of anilines is 2. The maximum atomic E-state index is 13.1. The molecule has 0 atom stereocenters. The smallest absolute Gasteiger partial charge is 0.265 e. The van der Waals surface area contributed by atoms with Gasteiger partial charge >= 0.3 is 0 Å². The highest BCUT2D eigenvalue weighted by Gasteiger charge is 2.37. The van der Waals surface area contributed by atoms with Crippen molar-refractivity contribution in [1.82, 2.24) is 0 Å². The molecule has 10 heteroatoms. The third-order valence-electron chi connectivity index (χ3n) is 4.46. The Kier molecular flexibility index (Phi) is 5.59. The first kappa shape index (κ1) is 21.1. The first-order valence-electron chi connectivity index (χ1n) is 8.98. The second-order valence-electron chi connectivity index (χ2n) is 6.71. The number of rotatable bonds is 6. The van der Waals surface area contributed by atoms with Crippen molar-refractivity contribution in [1.29, 1.82) is 0 Å². The zero-order valence-corrected chi connectivity index (χ0v) is 17.9. The summed E-state index contributed by atoms with van der Waals surface area (Å²) in [7, 11) is -7.94. The van der Waals surface area contributed by atoms with Gasteiger partial charge in [0.05, 0.1) is 23.7 Å². The van der Waals surface area contributed by atoms with E-state index in [1.807, 2.05) is 13.0 Å². The molecule has 0 bridgehead atoms. The van der Waals surface area contributed by atoms with Gasteiger partial charge in [0, 0.05) is 6.42 Å². The molecule has 1 N–H and O–H groups in total. The van der Waals surface area contributed by atoms with Gasteiger partial charge in [0.2, 0.25) is 15.9 Å².